The first-order chi connectivity index (χ1) is 6.72. The van der Waals surface area contributed by atoms with Gasteiger partial charge in [0.15, 0.2) is 0 Å². The van der Waals surface area contributed by atoms with Crippen LogP contribution < -0.4 is 0 Å². The van der Waals surface area contributed by atoms with Crippen LogP contribution in [0.1, 0.15) is 11.1 Å². The van der Waals surface area contributed by atoms with Gasteiger partial charge in [0.2, 0.25) is 5.91 Å². The standard InChI is InChI=1S/C10H9N3O/c1-8-3-2-4-9(7-8)5-6-10(14)12-13-11/h2-7H,1H3. The quantitative estimate of drug-likeness (QED) is 0.304. The Morgan fingerprint density at radius 3 is 3.00 bits per heavy atom. The summed E-state index contributed by atoms with van der Waals surface area (Å²) in [6, 6.07) is 7.66. The fourth-order valence-electron chi connectivity index (χ4n) is 1.02. The van der Waals surface area contributed by atoms with E-state index in [0.717, 1.165) is 11.1 Å². The number of nitrogens with zero attached hydrogens (tertiary/aromatic N) is 3. The molecule has 1 amide bonds. The van der Waals surface area contributed by atoms with E-state index in [1.54, 1.807) is 6.08 Å². The molecule has 0 N–H and O–H groups in total. The maximum absolute atomic E-state index is 10.8. The van der Waals surface area contributed by atoms with E-state index in [1.165, 1.54) is 6.08 Å². The highest BCUT2D eigenvalue weighted by Crippen LogP contribution is 2.05. The molecule has 0 fully saturated rings. The molecule has 0 bridgehead atoms. The van der Waals surface area contributed by atoms with Crippen molar-refractivity contribution in [3.8, 4) is 0 Å². The number of carbonyl (C=O) groups is 1. The molecule has 0 atom stereocenters. The van der Waals surface area contributed by atoms with Crippen LogP contribution >= 0.6 is 0 Å². The van der Waals surface area contributed by atoms with E-state index in [2.05, 4.69) is 10.0 Å². The Balaban J connectivity index is 2.78. The van der Waals surface area contributed by atoms with Crippen LogP contribution in [0.2, 0.25) is 0 Å². The summed E-state index contributed by atoms with van der Waals surface area (Å²) in [6.07, 6.45) is 2.86. The minimum absolute atomic E-state index is 0.589. The highest BCUT2D eigenvalue weighted by molar-refractivity contribution is 5.92. The molecule has 0 heterocycles. The topological polar surface area (TPSA) is 65.8 Å². The van der Waals surface area contributed by atoms with Gasteiger partial charge >= 0.3 is 0 Å². The summed E-state index contributed by atoms with van der Waals surface area (Å²) < 4.78 is 0. The Bertz CT molecular complexity index is 417. The number of hydrogen-bond donors (Lipinski definition) is 0. The van der Waals surface area contributed by atoms with Gasteiger partial charge in [0, 0.05) is 4.91 Å². The molecule has 1 aromatic rings. The maximum Gasteiger partial charge on any atom is 0.242 e. The normalized spacial score (nSPS) is 9.79. The lowest BCUT2D eigenvalue weighted by Gasteiger charge is -1.93. The van der Waals surface area contributed by atoms with E-state index < -0.39 is 5.91 Å². The second-order valence-electron chi connectivity index (χ2n) is 2.78. The molecular weight excluding hydrogens is 178 g/mol. The van der Waals surface area contributed by atoms with E-state index in [-0.39, 0.29) is 0 Å². The van der Waals surface area contributed by atoms with Gasteiger partial charge < -0.3 is 0 Å². The fourth-order valence-corrected chi connectivity index (χ4v) is 1.02. The molecule has 0 radical (unpaired) electrons. The molecule has 0 saturated heterocycles. The molecule has 0 spiro atoms. The fraction of sp³-hybridized carbons (Fsp3) is 0.100. The predicted molar refractivity (Wildman–Crippen MR) is 54.4 cm³/mol. The van der Waals surface area contributed by atoms with E-state index >= 15 is 0 Å². The maximum atomic E-state index is 10.8. The molecule has 1 aromatic carbocycles. The van der Waals surface area contributed by atoms with Crippen molar-refractivity contribution >= 4 is 12.0 Å². The first kappa shape index (κ1) is 10.0. The van der Waals surface area contributed by atoms with E-state index in [1.807, 2.05) is 31.2 Å². The lowest BCUT2D eigenvalue weighted by atomic mass is 10.1. The molecule has 1 rings (SSSR count). The summed E-state index contributed by atoms with van der Waals surface area (Å²) in [4.78, 5) is 13.2. The number of benzene rings is 1. The summed E-state index contributed by atoms with van der Waals surface area (Å²) in [5, 5.41) is 2.92. The molecule has 0 unspecified atom stereocenters. The van der Waals surface area contributed by atoms with Gasteiger partial charge in [0.05, 0.1) is 0 Å². The van der Waals surface area contributed by atoms with Crippen LogP contribution in [0.5, 0.6) is 0 Å². The average Bonchev–Trinajstić information content (AvgIpc) is 2.15. The molecule has 14 heavy (non-hydrogen) atoms. The van der Waals surface area contributed by atoms with E-state index in [9.17, 15) is 4.79 Å². The van der Waals surface area contributed by atoms with Gasteiger partial charge in [-0.3, -0.25) is 4.79 Å². The number of hydrogen-bond acceptors (Lipinski definition) is 1. The van der Waals surface area contributed by atoms with Crippen molar-refractivity contribution in [2.24, 2.45) is 5.11 Å². The van der Waals surface area contributed by atoms with Gasteiger partial charge in [0.1, 0.15) is 0 Å². The summed E-state index contributed by atoms with van der Waals surface area (Å²) in [6.45, 7) is 1.96. The summed E-state index contributed by atoms with van der Waals surface area (Å²) in [5.74, 6) is -0.589. The minimum atomic E-state index is -0.589. The van der Waals surface area contributed by atoms with Gasteiger partial charge in [-0.2, -0.15) is 0 Å². The summed E-state index contributed by atoms with van der Waals surface area (Å²) in [5.41, 5.74) is 10.0. The van der Waals surface area contributed by atoms with Gasteiger partial charge in [-0.05, 0) is 29.2 Å². The molecule has 0 aliphatic rings. The third kappa shape index (κ3) is 3.13. The third-order valence-electron chi connectivity index (χ3n) is 1.60. The van der Waals surface area contributed by atoms with Gasteiger partial charge in [0.25, 0.3) is 0 Å². The van der Waals surface area contributed by atoms with Crippen molar-refractivity contribution < 1.29 is 4.79 Å². The summed E-state index contributed by atoms with van der Waals surface area (Å²) in [7, 11) is 0. The zero-order chi connectivity index (χ0) is 10.4. The van der Waals surface area contributed by atoms with E-state index in [0.29, 0.717) is 0 Å². The number of rotatable bonds is 2. The third-order valence-corrected chi connectivity index (χ3v) is 1.60. The van der Waals surface area contributed by atoms with Crippen LogP contribution in [0.25, 0.3) is 16.5 Å². The number of amides is 1. The van der Waals surface area contributed by atoms with Crippen molar-refractivity contribution in [2.75, 3.05) is 0 Å². The van der Waals surface area contributed by atoms with Crippen LogP contribution in [0.15, 0.2) is 35.5 Å². The highest BCUT2D eigenvalue weighted by Gasteiger charge is 1.90. The average molecular weight is 187 g/mol. The van der Waals surface area contributed by atoms with Crippen LogP contribution in [0, 0.1) is 6.92 Å². The van der Waals surface area contributed by atoms with Crippen molar-refractivity contribution in [2.45, 2.75) is 6.92 Å². The van der Waals surface area contributed by atoms with Crippen molar-refractivity contribution in [3.05, 3.63) is 51.9 Å². The number of azide groups is 1. The zero-order valence-corrected chi connectivity index (χ0v) is 7.71. The van der Waals surface area contributed by atoms with E-state index in [4.69, 9.17) is 5.53 Å². The Morgan fingerprint density at radius 2 is 2.36 bits per heavy atom. The Kier molecular flexibility index (Phi) is 3.47. The second kappa shape index (κ2) is 4.84. The lowest BCUT2D eigenvalue weighted by molar-refractivity contribution is -0.113. The highest BCUT2D eigenvalue weighted by atomic mass is 16.1. The molecule has 4 heteroatoms. The van der Waals surface area contributed by atoms with Gasteiger partial charge in [-0.25, -0.2) is 0 Å². The first-order valence-electron chi connectivity index (χ1n) is 4.06. The first-order valence-corrected chi connectivity index (χ1v) is 4.06. The molecular formula is C10H9N3O. The SMILES string of the molecule is Cc1cccc(C=CC(=O)N=[N+]=[N-])c1. The molecule has 0 aliphatic heterocycles. The van der Waals surface area contributed by atoms with Gasteiger partial charge in [-0.1, -0.05) is 35.9 Å². The zero-order valence-electron chi connectivity index (χ0n) is 7.71. The van der Waals surface area contributed by atoms with Crippen molar-refractivity contribution in [1.29, 1.82) is 0 Å². The van der Waals surface area contributed by atoms with Gasteiger partial charge in [-0.15, -0.1) is 0 Å². The number of carbonyl (C=O) groups excluding carboxylic acids is 1. The molecule has 4 nitrogen and oxygen atoms in total. The van der Waals surface area contributed by atoms with Crippen molar-refractivity contribution in [3.63, 3.8) is 0 Å². The number of aryl methyl sites for hydroxylation is 1. The summed E-state index contributed by atoms with van der Waals surface area (Å²) >= 11 is 0. The molecule has 0 saturated carbocycles. The lowest BCUT2D eigenvalue weighted by Crippen LogP contribution is -1.82. The molecule has 0 aliphatic carbocycles. The smallest absolute Gasteiger partial charge is 0.242 e. The van der Waals surface area contributed by atoms with Crippen LogP contribution in [0.4, 0.5) is 0 Å². The second-order valence-corrected chi connectivity index (χ2v) is 2.78. The predicted octanol–water partition coefficient (Wildman–Crippen LogP) is 2.85. The Hall–Kier alpha value is -2.06. The minimum Gasteiger partial charge on any atom is -0.288 e. The monoisotopic (exact) mass is 187 g/mol. The Morgan fingerprint density at radius 1 is 1.57 bits per heavy atom. The van der Waals surface area contributed by atoms with Crippen LogP contribution in [-0.4, -0.2) is 5.91 Å². The molecule has 70 valence electrons. The largest absolute Gasteiger partial charge is 0.288 e. The molecule has 0 aromatic heterocycles. The van der Waals surface area contributed by atoms with Crippen molar-refractivity contribution in [1.82, 2.24) is 0 Å². The van der Waals surface area contributed by atoms with Crippen LogP contribution in [0.3, 0.4) is 0 Å². The Labute approximate surface area is 81.5 Å². The van der Waals surface area contributed by atoms with Crippen LogP contribution in [-0.2, 0) is 4.79 Å².